The molecule has 0 atom stereocenters. The van der Waals surface area contributed by atoms with Crippen molar-refractivity contribution in [2.24, 2.45) is 0 Å². The maximum absolute atomic E-state index is 12.1. The number of carboxylic acids is 1. The second kappa shape index (κ2) is 6.37. The summed E-state index contributed by atoms with van der Waals surface area (Å²) in [6, 6.07) is 9.77. The van der Waals surface area contributed by atoms with E-state index in [-0.39, 0.29) is 21.6 Å². The Labute approximate surface area is 141 Å². The third-order valence-corrected chi connectivity index (χ3v) is 4.42. The van der Waals surface area contributed by atoms with Gasteiger partial charge in [0.2, 0.25) is 0 Å². The van der Waals surface area contributed by atoms with E-state index in [9.17, 15) is 19.5 Å². The number of aromatic carboxylic acids is 1. The first-order valence-corrected chi connectivity index (χ1v) is 8.00. The average molecular weight is 343 g/mol. The van der Waals surface area contributed by atoms with Gasteiger partial charge in [0.25, 0.3) is 11.1 Å². The van der Waals surface area contributed by atoms with Crippen LogP contribution in [0.25, 0.3) is 17.4 Å². The van der Waals surface area contributed by atoms with E-state index in [2.05, 4.69) is 0 Å². The van der Waals surface area contributed by atoms with E-state index in [4.69, 9.17) is 4.42 Å². The number of carboxylic acid groups (broad SMARTS) is 1. The van der Waals surface area contributed by atoms with Crippen LogP contribution in [0, 0.1) is 0 Å². The van der Waals surface area contributed by atoms with Crippen molar-refractivity contribution in [1.82, 2.24) is 4.90 Å². The average Bonchev–Trinajstić information content (AvgIpc) is 3.13. The maximum atomic E-state index is 12.1. The molecule has 1 N–H and O–H groups in total. The van der Waals surface area contributed by atoms with Gasteiger partial charge in [-0.05, 0) is 36.9 Å². The van der Waals surface area contributed by atoms with Crippen molar-refractivity contribution in [1.29, 1.82) is 0 Å². The summed E-state index contributed by atoms with van der Waals surface area (Å²) in [5.41, 5.74) is 0.580. The van der Waals surface area contributed by atoms with Crippen LogP contribution < -0.4 is 0 Å². The van der Waals surface area contributed by atoms with E-state index in [1.807, 2.05) is 0 Å². The monoisotopic (exact) mass is 343 g/mol. The van der Waals surface area contributed by atoms with Gasteiger partial charge in [-0.15, -0.1) is 0 Å². The number of hydrogen-bond acceptors (Lipinski definition) is 5. The molecule has 0 spiro atoms. The van der Waals surface area contributed by atoms with Gasteiger partial charge in [0.1, 0.15) is 11.5 Å². The van der Waals surface area contributed by atoms with Gasteiger partial charge >= 0.3 is 5.97 Å². The van der Waals surface area contributed by atoms with E-state index in [1.54, 1.807) is 37.3 Å². The molecule has 1 aliphatic heterocycles. The van der Waals surface area contributed by atoms with Gasteiger partial charge in [-0.1, -0.05) is 18.2 Å². The highest BCUT2D eigenvalue weighted by molar-refractivity contribution is 8.18. The summed E-state index contributed by atoms with van der Waals surface area (Å²) < 4.78 is 5.64. The lowest BCUT2D eigenvalue weighted by atomic mass is 10.1. The molecular formula is C17H13NO5S. The topological polar surface area (TPSA) is 87.8 Å². The molecule has 0 aliphatic carbocycles. The van der Waals surface area contributed by atoms with Gasteiger partial charge < -0.3 is 9.52 Å². The Morgan fingerprint density at radius 1 is 1.25 bits per heavy atom. The molecule has 0 unspecified atom stereocenters. The van der Waals surface area contributed by atoms with Gasteiger partial charge in [-0.3, -0.25) is 14.5 Å². The van der Waals surface area contributed by atoms with E-state index in [1.165, 1.54) is 12.1 Å². The molecule has 0 bridgehead atoms. The number of carbonyl (C=O) groups is 3. The molecule has 0 saturated carbocycles. The molecule has 1 saturated heterocycles. The fourth-order valence-corrected chi connectivity index (χ4v) is 3.24. The molecule has 6 nitrogen and oxygen atoms in total. The summed E-state index contributed by atoms with van der Waals surface area (Å²) in [5.74, 6) is -0.634. The van der Waals surface area contributed by atoms with Crippen molar-refractivity contribution in [2.75, 3.05) is 6.54 Å². The summed E-state index contributed by atoms with van der Waals surface area (Å²) in [7, 11) is 0. The number of imide groups is 1. The molecule has 0 radical (unpaired) electrons. The molecular weight excluding hydrogens is 330 g/mol. The number of rotatable bonds is 4. The van der Waals surface area contributed by atoms with Gasteiger partial charge in [0.05, 0.1) is 10.5 Å². The van der Waals surface area contributed by atoms with Crippen molar-refractivity contribution in [3.05, 3.63) is 52.6 Å². The molecule has 2 amide bonds. The number of amides is 2. The number of thioether (sulfide) groups is 1. The standard InChI is InChI=1S/C17H13NO5S/c1-2-18-15(19)14(24-17(18)22)9-10-7-8-13(23-10)11-5-3-4-6-12(11)16(20)21/h3-9H,2H2,1H3,(H,20,21)/b14-9-. The highest BCUT2D eigenvalue weighted by Crippen LogP contribution is 2.33. The highest BCUT2D eigenvalue weighted by atomic mass is 32.2. The number of hydrogen-bond donors (Lipinski definition) is 1. The van der Waals surface area contributed by atoms with Crippen molar-refractivity contribution in [2.45, 2.75) is 6.92 Å². The lowest BCUT2D eigenvalue weighted by molar-refractivity contribution is -0.122. The second-order valence-electron chi connectivity index (χ2n) is 4.98. The van der Waals surface area contributed by atoms with Crippen LogP contribution in [-0.4, -0.2) is 33.7 Å². The lowest BCUT2D eigenvalue weighted by Gasteiger charge is -2.06. The van der Waals surface area contributed by atoms with Gasteiger partial charge in [-0.2, -0.15) is 0 Å². The van der Waals surface area contributed by atoms with Gasteiger partial charge in [-0.25, -0.2) is 4.79 Å². The molecule has 2 aromatic rings. The van der Waals surface area contributed by atoms with Crippen LogP contribution in [0.5, 0.6) is 0 Å². The minimum Gasteiger partial charge on any atom is -0.478 e. The number of carbonyl (C=O) groups excluding carboxylic acids is 2. The molecule has 1 aromatic heterocycles. The van der Waals surface area contributed by atoms with Crippen LogP contribution in [0.2, 0.25) is 0 Å². The van der Waals surface area contributed by atoms with Crippen LogP contribution in [0.1, 0.15) is 23.0 Å². The molecule has 24 heavy (non-hydrogen) atoms. The van der Waals surface area contributed by atoms with E-state index in [0.29, 0.717) is 23.6 Å². The minimum atomic E-state index is -1.05. The van der Waals surface area contributed by atoms with Gasteiger partial charge in [0, 0.05) is 18.2 Å². The zero-order chi connectivity index (χ0) is 17.3. The fraction of sp³-hybridized carbons (Fsp3) is 0.118. The number of benzene rings is 1. The molecule has 1 aliphatic rings. The second-order valence-corrected chi connectivity index (χ2v) is 5.97. The van der Waals surface area contributed by atoms with Crippen molar-refractivity contribution in [3.63, 3.8) is 0 Å². The summed E-state index contributed by atoms with van der Waals surface area (Å²) in [6.07, 6.45) is 1.49. The molecule has 122 valence electrons. The van der Waals surface area contributed by atoms with E-state index >= 15 is 0 Å². The van der Waals surface area contributed by atoms with Crippen LogP contribution in [0.4, 0.5) is 4.79 Å². The van der Waals surface area contributed by atoms with Crippen LogP contribution in [0.3, 0.4) is 0 Å². The van der Waals surface area contributed by atoms with Crippen molar-refractivity contribution < 1.29 is 23.9 Å². The number of likely N-dealkylation sites (N-methyl/N-ethyl adjacent to an activating group) is 1. The summed E-state index contributed by atoms with van der Waals surface area (Å²) in [6.45, 7) is 2.05. The predicted octanol–water partition coefficient (Wildman–Crippen LogP) is 3.70. The Morgan fingerprint density at radius 3 is 2.67 bits per heavy atom. The maximum Gasteiger partial charge on any atom is 0.336 e. The van der Waals surface area contributed by atoms with Crippen LogP contribution >= 0.6 is 11.8 Å². The Kier molecular flexibility index (Phi) is 4.26. The molecule has 7 heteroatoms. The SMILES string of the molecule is CCN1C(=O)S/C(=C\c2ccc(-c3ccccc3C(=O)O)o2)C1=O. The van der Waals surface area contributed by atoms with Gasteiger partial charge in [0.15, 0.2) is 0 Å². The summed E-state index contributed by atoms with van der Waals surface area (Å²) >= 11 is 0.859. The minimum absolute atomic E-state index is 0.129. The van der Waals surface area contributed by atoms with Crippen LogP contribution in [-0.2, 0) is 4.79 Å². The first-order valence-electron chi connectivity index (χ1n) is 7.19. The largest absolute Gasteiger partial charge is 0.478 e. The molecule has 3 rings (SSSR count). The van der Waals surface area contributed by atoms with E-state index in [0.717, 1.165) is 16.7 Å². The Hall–Kier alpha value is -2.80. The van der Waals surface area contributed by atoms with E-state index < -0.39 is 5.97 Å². The van der Waals surface area contributed by atoms with Crippen molar-refractivity contribution in [3.8, 4) is 11.3 Å². The number of furan rings is 1. The van der Waals surface area contributed by atoms with Crippen molar-refractivity contribution >= 4 is 35.0 Å². The predicted molar refractivity (Wildman–Crippen MR) is 89.5 cm³/mol. The normalized spacial score (nSPS) is 16.2. The highest BCUT2D eigenvalue weighted by Gasteiger charge is 2.33. The molecule has 1 fully saturated rings. The quantitative estimate of drug-likeness (QED) is 0.852. The van der Waals surface area contributed by atoms with Crippen LogP contribution in [0.15, 0.2) is 45.7 Å². The summed E-state index contributed by atoms with van der Waals surface area (Å²) in [5, 5.41) is 8.93. The summed E-state index contributed by atoms with van der Waals surface area (Å²) in [4.78, 5) is 36.5. The Balaban J connectivity index is 1.93. The lowest BCUT2D eigenvalue weighted by Crippen LogP contribution is -2.27. The zero-order valence-corrected chi connectivity index (χ0v) is 13.5. The first-order chi connectivity index (χ1) is 11.5. The number of nitrogens with zero attached hydrogens (tertiary/aromatic N) is 1. The molecule has 1 aromatic carbocycles. The third kappa shape index (κ3) is 2.85. The Morgan fingerprint density at radius 2 is 2.00 bits per heavy atom. The zero-order valence-electron chi connectivity index (χ0n) is 12.7. The molecule has 2 heterocycles. The first kappa shape index (κ1) is 16.1. The third-order valence-electron chi connectivity index (χ3n) is 3.51. The Bertz CT molecular complexity index is 867. The fourth-order valence-electron chi connectivity index (χ4n) is 2.36. The smallest absolute Gasteiger partial charge is 0.336 e.